The molecule has 8 aromatic rings. The number of hydrogen-bond acceptors (Lipinski definition) is 1. The zero-order chi connectivity index (χ0) is 37.3. The van der Waals surface area contributed by atoms with Crippen molar-refractivity contribution in [1.29, 1.82) is 0 Å². The molecule has 2 unspecified atom stereocenters. The normalized spacial score (nSPS) is 16.6. The van der Waals surface area contributed by atoms with Crippen LogP contribution in [-0.2, 0) is 5.41 Å². The lowest BCUT2D eigenvalue weighted by Crippen LogP contribution is -2.35. The fourth-order valence-electron chi connectivity index (χ4n) is 9.24. The molecule has 1 nitrogen and oxygen atoms in total. The summed E-state index contributed by atoms with van der Waals surface area (Å²) in [6, 6.07) is 75.7. The van der Waals surface area contributed by atoms with Crippen molar-refractivity contribution in [3.63, 3.8) is 0 Å². The van der Waals surface area contributed by atoms with Crippen LogP contribution in [0.3, 0.4) is 0 Å². The molecule has 0 aromatic heterocycles. The molecule has 0 spiro atoms. The summed E-state index contributed by atoms with van der Waals surface area (Å²) in [6.45, 7) is 0. The lowest BCUT2D eigenvalue weighted by Gasteiger charge is -2.40. The number of anilines is 3. The first-order chi connectivity index (χ1) is 27.8. The Morgan fingerprint density at radius 3 is 1.55 bits per heavy atom. The van der Waals surface area contributed by atoms with E-state index in [-0.39, 0.29) is 11.3 Å². The summed E-state index contributed by atoms with van der Waals surface area (Å²) in [7, 11) is 0. The first-order valence-corrected chi connectivity index (χ1v) is 19.6. The molecule has 0 fully saturated rings. The van der Waals surface area contributed by atoms with Crippen molar-refractivity contribution in [3.8, 4) is 44.5 Å². The Labute approximate surface area is 330 Å². The highest BCUT2D eigenvalue weighted by Gasteiger charge is 2.49. The molecule has 0 N–H and O–H groups in total. The van der Waals surface area contributed by atoms with Crippen LogP contribution in [0.15, 0.2) is 231 Å². The van der Waals surface area contributed by atoms with Crippen molar-refractivity contribution in [2.45, 2.75) is 11.8 Å². The fourth-order valence-corrected chi connectivity index (χ4v) is 9.24. The van der Waals surface area contributed by atoms with Crippen molar-refractivity contribution >= 4 is 17.1 Å². The van der Waals surface area contributed by atoms with Crippen molar-refractivity contribution in [2.24, 2.45) is 5.92 Å². The van der Waals surface area contributed by atoms with E-state index >= 15 is 0 Å². The van der Waals surface area contributed by atoms with E-state index in [1.807, 2.05) is 0 Å². The standard InChI is InChI=1S/C55H41N/c1-6-18-40(19-7-1)41-30-32-46(33-31-41)56(47-34-36-49(42-20-8-2-9-21-42)52(38-47)43-22-10-3-11-23-43)48-35-37-51-50-28-16-17-29-53(50)55(54(51)39-48,44-24-12-4-13-25-44)45-26-14-5-15-27-45/h1-26,28-39,45H,27H2. The molecule has 0 saturated carbocycles. The Bertz CT molecular complexity index is 2690. The summed E-state index contributed by atoms with van der Waals surface area (Å²) in [5.74, 6) is 0.251. The van der Waals surface area contributed by atoms with Crippen molar-refractivity contribution in [1.82, 2.24) is 0 Å². The molecule has 2 aliphatic rings. The molecule has 2 aliphatic carbocycles. The van der Waals surface area contributed by atoms with Crippen LogP contribution < -0.4 is 4.90 Å². The van der Waals surface area contributed by atoms with Crippen molar-refractivity contribution < 1.29 is 0 Å². The molecular weight excluding hydrogens is 675 g/mol. The summed E-state index contributed by atoms with van der Waals surface area (Å²) in [5, 5.41) is 0. The van der Waals surface area contributed by atoms with E-state index in [0.29, 0.717) is 0 Å². The maximum Gasteiger partial charge on any atom is 0.0529 e. The number of hydrogen-bond donors (Lipinski definition) is 0. The van der Waals surface area contributed by atoms with E-state index in [0.717, 1.165) is 23.5 Å². The number of allylic oxidation sites excluding steroid dienone is 4. The van der Waals surface area contributed by atoms with Gasteiger partial charge in [0.1, 0.15) is 0 Å². The van der Waals surface area contributed by atoms with E-state index in [9.17, 15) is 0 Å². The Morgan fingerprint density at radius 1 is 0.375 bits per heavy atom. The van der Waals surface area contributed by atoms with Gasteiger partial charge in [0.25, 0.3) is 0 Å². The van der Waals surface area contributed by atoms with Gasteiger partial charge in [-0.05, 0) is 110 Å². The largest absolute Gasteiger partial charge is 0.310 e. The van der Waals surface area contributed by atoms with Gasteiger partial charge in [0.15, 0.2) is 0 Å². The predicted octanol–water partition coefficient (Wildman–Crippen LogP) is 14.6. The van der Waals surface area contributed by atoms with Crippen LogP contribution in [0.2, 0.25) is 0 Å². The quantitative estimate of drug-likeness (QED) is 0.151. The number of fused-ring (bicyclic) bond motifs is 3. The average Bonchev–Trinajstić information content (AvgIpc) is 3.58. The van der Waals surface area contributed by atoms with Gasteiger partial charge < -0.3 is 4.90 Å². The van der Waals surface area contributed by atoms with Crippen LogP contribution >= 0.6 is 0 Å². The maximum atomic E-state index is 2.49. The highest BCUT2D eigenvalue weighted by molar-refractivity contribution is 5.91. The second kappa shape index (κ2) is 14.4. The van der Waals surface area contributed by atoms with E-state index in [1.165, 1.54) is 61.2 Å². The number of nitrogens with zero attached hydrogens (tertiary/aromatic N) is 1. The van der Waals surface area contributed by atoms with Crippen LogP contribution in [0, 0.1) is 5.92 Å². The fraction of sp³-hybridized carbons (Fsp3) is 0.0545. The summed E-state index contributed by atoms with van der Waals surface area (Å²) >= 11 is 0. The SMILES string of the molecule is C1=CCC(C2(c3ccccc3)c3ccccc3-c3ccc(N(c4ccc(-c5ccccc5)cc4)c4ccc(-c5ccccc5)c(-c5ccccc5)c4)cc32)C=C1. The Hall–Kier alpha value is -6.96. The van der Waals surface area contributed by atoms with E-state index in [1.54, 1.807) is 0 Å². The van der Waals surface area contributed by atoms with Gasteiger partial charge >= 0.3 is 0 Å². The van der Waals surface area contributed by atoms with Crippen LogP contribution in [0.1, 0.15) is 23.1 Å². The Balaban J connectivity index is 1.21. The number of rotatable bonds is 8. The minimum atomic E-state index is -0.361. The minimum Gasteiger partial charge on any atom is -0.310 e. The third-order valence-corrected chi connectivity index (χ3v) is 11.8. The molecule has 2 atom stereocenters. The predicted molar refractivity (Wildman–Crippen MR) is 236 cm³/mol. The monoisotopic (exact) mass is 715 g/mol. The molecule has 10 rings (SSSR count). The minimum absolute atomic E-state index is 0.251. The van der Waals surface area contributed by atoms with Crippen molar-refractivity contribution in [3.05, 3.63) is 247 Å². The zero-order valence-electron chi connectivity index (χ0n) is 31.2. The smallest absolute Gasteiger partial charge is 0.0529 e. The van der Waals surface area contributed by atoms with Gasteiger partial charge in [0.05, 0.1) is 5.41 Å². The van der Waals surface area contributed by atoms with Gasteiger partial charge in [-0.1, -0.05) is 194 Å². The second-order valence-corrected chi connectivity index (χ2v) is 14.8. The van der Waals surface area contributed by atoms with E-state index in [2.05, 4.69) is 235 Å². The van der Waals surface area contributed by atoms with Crippen molar-refractivity contribution in [2.75, 3.05) is 4.90 Å². The molecule has 8 aromatic carbocycles. The third kappa shape index (κ3) is 5.72. The molecule has 0 saturated heterocycles. The van der Waals surface area contributed by atoms with Gasteiger partial charge in [-0.3, -0.25) is 0 Å². The molecule has 0 amide bonds. The lowest BCUT2D eigenvalue weighted by atomic mass is 9.62. The van der Waals surface area contributed by atoms with Gasteiger partial charge in [-0.2, -0.15) is 0 Å². The lowest BCUT2D eigenvalue weighted by molar-refractivity contribution is 0.457. The van der Waals surface area contributed by atoms with E-state index in [4.69, 9.17) is 0 Å². The summed E-state index contributed by atoms with van der Waals surface area (Å²) < 4.78 is 0. The molecule has 1 heteroatoms. The van der Waals surface area contributed by atoms with Gasteiger partial charge in [-0.25, -0.2) is 0 Å². The average molecular weight is 716 g/mol. The highest BCUT2D eigenvalue weighted by atomic mass is 15.1. The summed E-state index contributed by atoms with van der Waals surface area (Å²) in [5.41, 5.74) is 16.9. The topological polar surface area (TPSA) is 3.24 Å². The Kier molecular flexibility index (Phi) is 8.61. The molecule has 266 valence electrons. The molecule has 0 aliphatic heterocycles. The highest BCUT2D eigenvalue weighted by Crippen LogP contribution is 2.59. The molecule has 56 heavy (non-hydrogen) atoms. The second-order valence-electron chi connectivity index (χ2n) is 14.8. The first kappa shape index (κ1) is 33.6. The molecule has 0 radical (unpaired) electrons. The van der Waals surface area contributed by atoms with Crippen LogP contribution in [-0.4, -0.2) is 0 Å². The van der Waals surface area contributed by atoms with Crippen LogP contribution in [0.4, 0.5) is 17.1 Å². The summed E-state index contributed by atoms with van der Waals surface area (Å²) in [6.07, 6.45) is 10.2. The van der Waals surface area contributed by atoms with E-state index < -0.39 is 0 Å². The first-order valence-electron chi connectivity index (χ1n) is 19.6. The Morgan fingerprint density at radius 2 is 0.893 bits per heavy atom. The van der Waals surface area contributed by atoms with Gasteiger partial charge in [0, 0.05) is 17.1 Å². The molecule has 0 bridgehead atoms. The molecular formula is C55H41N. The van der Waals surface area contributed by atoms with Gasteiger partial charge in [0.2, 0.25) is 0 Å². The van der Waals surface area contributed by atoms with Crippen LogP contribution in [0.5, 0.6) is 0 Å². The summed E-state index contributed by atoms with van der Waals surface area (Å²) in [4.78, 5) is 2.45. The molecule has 0 heterocycles. The van der Waals surface area contributed by atoms with Gasteiger partial charge in [-0.15, -0.1) is 0 Å². The zero-order valence-corrected chi connectivity index (χ0v) is 31.2. The number of benzene rings is 8. The third-order valence-electron chi connectivity index (χ3n) is 11.8. The van der Waals surface area contributed by atoms with Crippen LogP contribution in [0.25, 0.3) is 44.5 Å². The maximum absolute atomic E-state index is 2.49.